The molecule has 0 atom stereocenters. The second-order valence-electron chi connectivity index (χ2n) is 5.34. The van der Waals surface area contributed by atoms with Crippen LogP contribution in [-0.2, 0) is 0 Å². The van der Waals surface area contributed by atoms with Crippen LogP contribution < -0.4 is 5.32 Å². The first-order valence-corrected chi connectivity index (χ1v) is 7.80. The molecule has 126 valence electrons. The van der Waals surface area contributed by atoms with Crippen molar-refractivity contribution in [3.8, 4) is 17.1 Å². The number of hydrogen-bond donors (Lipinski definition) is 1. The highest BCUT2D eigenvalue weighted by Crippen LogP contribution is 2.20. The van der Waals surface area contributed by atoms with E-state index in [0.717, 1.165) is 11.3 Å². The Balaban J connectivity index is 1.56. The van der Waals surface area contributed by atoms with Crippen molar-refractivity contribution in [2.45, 2.75) is 0 Å². The highest BCUT2D eigenvalue weighted by molar-refractivity contribution is 6.02. The molecular weight excluding hydrogens is 330 g/mol. The smallest absolute Gasteiger partial charge is 0.277 e. The third kappa shape index (κ3) is 3.16. The number of nitrogens with zero attached hydrogens (tertiary/aromatic N) is 6. The van der Waals surface area contributed by atoms with Crippen LogP contribution in [0.1, 0.15) is 10.5 Å². The predicted molar refractivity (Wildman–Crippen MR) is 94.6 cm³/mol. The zero-order chi connectivity index (χ0) is 17.8. The Morgan fingerprint density at radius 2 is 1.85 bits per heavy atom. The summed E-state index contributed by atoms with van der Waals surface area (Å²) in [7, 11) is 0. The maximum atomic E-state index is 12.1. The number of anilines is 1. The van der Waals surface area contributed by atoms with Crippen molar-refractivity contribution in [1.82, 2.24) is 29.7 Å². The van der Waals surface area contributed by atoms with Crippen molar-refractivity contribution in [2.24, 2.45) is 0 Å². The van der Waals surface area contributed by atoms with Crippen LogP contribution >= 0.6 is 0 Å². The molecule has 3 heterocycles. The minimum absolute atomic E-state index is 0.224. The number of carbonyl (C=O) groups excluding carboxylic acids is 1. The molecule has 0 saturated carbocycles. The third-order valence-corrected chi connectivity index (χ3v) is 3.64. The maximum Gasteiger partial charge on any atom is 0.277 e. The van der Waals surface area contributed by atoms with Crippen LogP contribution in [0.4, 0.5) is 5.82 Å². The molecule has 1 aromatic carbocycles. The quantitative estimate of drug-likeness (QED) is 0.611. The van der Waals surface area contributed by atoms with Gasteiger partial charge in [0.15, 0.2) is 5.82 Å². The summed E-state index contributed by atoms with van der Waals surface area (Å²) in [5.41, 5.74) is 1.96. The van der Waals surface area contributed by atoms with E-state index < -0.39 is 0 Å². The first kappa shape index (κ1) is 15.6. The number of amides is 1. The van der Waals surface area contributed by atoms with Gasteiger partial charge >= 0.3 is 0 Å². The highest BCUT2D eigenvalue weighted by atomic mass is 16.1. The van der Waals surface area contributed by atoms with Crippen LogP contribution in [0, 0.1) is 0 Å². The van der Waals surface area contributed by atoms with Gasteiger partial charge in [-0.1, -0.05) is 18.2 Å². The van der Waals surface area contributed by atoms with Gasteiger partial charge in [-0.15, -0.1) is 10.2 Å². The molecule has 4 aromatic rings. The number of rotatable bonds is 4. The normalized spacial score (nSPS) is 10.5. The van der Waals surface area contributed by atoms with Crippen LogP contribution in [0.5, 0.6) is 0 Å². The minimum Gasteiger partial charge on any atom is -0.305 e. The van der Waals surface area contributed by atoms with Gasteiger partial charge in [-0.05, 0) is 24.3 Å². The minimum atomic E-state index is -0.370. The Morgan fingerprint density at radius 3 is 2.58 bits per heavy atom. The number of nitrogens with one attached hydrogen (secondary N) is 1. The van der Waals surface area contributed by atoms with Crippen molar-refractivity contribution in [2.75, 3.05) is 5.32 Å². The van der Waals surface area contributed by atoms with Crippen molar-refractivity contribution >= 4 is 11.7 Å². The van der Waals surface area contributed by atoms with Crippen LogP contribution in [0.15, 0.2) is 73.6 Å². The van der Waals surface area contributed by atoms with E-state index in [1.807, 2.05) is 41.0 Å². The molecule has 3 aromatic heterocycles. The summed E-state index contributed by atoms with van der Waals surface area (Å²) >= 11 is 0. The first-order valence-electron chi connectivity index (χ1n) is 7.80. The molecule has 0 unspecified atom stereocenters. The van der Waals surface area contributed by atoms with E-state index in [-0.39, 0.29) is 11.6 Å². The molecule has 1 amide bonds. The van der Waals surface area contributed by atoms with Crippen molar-refractivity contribution in [3.63, 3.8) is 0 Å². The Hall–Kier alpha value is -3.94. The summed E-state index contributed by atoms with van der Waals surface area (Å²) in [6.07, 6.45) is 7.64. The number of carbonyl (C=O) groups is 1. The van der Waals surface area contributed by atoms with Gasteiger partial charge in [0.2, 0.25) is 0 Å². The fourth-order valence-electron chi connectivity index (χ4n) is 2.41. The Kier molecular flexibility index (Phi) is 4.13. The topological polar surface area (TPSA) is 98.5 Å². The van der Waals surface area contributed by atoms with Crippen molar-refractivity contribution in [1.29, 1.82) is 0 Å². The lowest BCUT2D eigenvalue weighted by atomic mass is 10.2. The van der Waals surface area contributed by atoms with Crippen LogP contribution in [0.3, 0.4) is 0 Å². The molecule has 0 fully saturated rings. The molecule has 4 rings (SSSR count). The molecule has 0 aliphatic heterocycles. The molecule has 8 heteroatoms. The summed E-state index contributed by atoms with van der Waals surface area (Å²) < 4.78 is 1.87. The molecule has 0 spiro atoms. The summed E-state index contributed by atoms with van der Waals surface area (Å²) in [4.78, 5) is 24.2. The van der Waals surface area contributed by atoms with Gasteiger partial charge in [-0.2, -0.15) is 0 Å². The lowest BCUT2D eigenvalue weighted by Gasteiger charge is -2.07. The molecular formula is C18H13N7O. The summed E-state index contributed by atoms with van der Waals surface area (Å²) in [5, 5.41) is 10.8. The van der Waals surface area contributed by atoms with E-state index in [0.29, 0.717) is 11.6 Å². The lowest BCUT2D eigenvalue weighted by molar-refractivity contribution is 0.102. The van der Waals surface area contributed by atoms with Crippen molar-refractivity contribution in [3.05, 3.63) is 79.3 Å². The molecule has 1 N–H and O–H groups in total. The zero-order valence-corrected chi connectivity index (χ0v) is 13.5. The molecule has 0 saturated heterocycles. The van der Waals surface area contributed by atoms with Gasteiger partial charge in [-0.25, -0.2) is 9.97 Å². The largest absolute Gasteiger partial charge is 0.305 e. The Labute approximate surface area is 148 Å². The molecule has 0 bridgehead atoms. The second kappa shape index (κ2) is 6.89. The number of aromatic nitrogens is 6. The van der Waals surface area contributed by atoms with Crippen molar-refractivity contribution < 1.29 is 4.79 Å². The summed E-state index contributed by atoms with van der Waals surface area (Å²) in [5.74, 6) is 0.705. The van der Waals surface area contributed by atoms with E-state index in [4.69, 9.17) is 0 Å². The van der Waals surface area contributed by atoms with E-state index in [1.165, 1.54) is 18.6 Å². The number of benzene rings is 1. The average molecular weight is 343 g/mol. The average Bonchev–Trinajstić information content (AvgIpc) is 3.20. The van der Waals surface area contributed by atoms with Gasteiger partial charge in [0.05, 0.1) is 6.20 Å². The van der Waals surface area contributed by atoms with Gasteiger partial charge in [0.1, 0.15) is 17.8 Å². The highest BCUT2D eigenvalue weighted by Gasteiger charge is 2.11. The summed E-state index contributed by atoms with van der Waals surface area (Å²) in [6, 6.07) is 13.3. The fourth-order valence-corrected chi connectivity index (χ4v) is 2.41. The first-order chi connectivity index (χ1) is 12.8. The van der Waals surface area contributed by atoms with Gasteiger partial charge < -0.3 is 5.32 Å². The maximum absolute atomic E-state index is 12.1. The van der Waals surface area contributed by atoms with Gasteiger partial charge in [-0.3, -0.25) is 14.3 Å². The third-order valence-electron chi connectivity index (χ3n) is 3.64. The van der Waals surface area contributed by atoms with Crippen LogP contribution in [-0.4, -0.2) is 35.6 Å². The molecule has 26 heavy (non-hydrogen) atoms. The standard InChI is InChI=1S/C18H13N7O/c26-18(15-11-19-8-9-20-15)23-16-7-6-13(10-21-16)17-24-22-12-25(17)14-4-2-1-3-5-14/h1-12H,(H,21,23,26). The van der Waals surface area contributed by atoms with Gasteiger partial charge in [0, 0.05) is 29.8 Å². The Morgan fingerprint density at radius 1 is 0.962 bits per heavy atom. The lowest BCUT2D eigenvalue weighted by Crippen LogP contribution is -2.14. The fraction of sp³-hybridized carbons (Fsp3) is 0. The number of pyridine rings is 1. The zero-order valence-electron chi connectivity index (χ0n) is 13.5. The number of para-hydroxylation sites is 1. The van der Waals surface area contributed by atoms with E-state index >= 15 is 0 Å². The monoisotopic (exact) mass is 343 g/mol. The second-order valence-corrected chi connectivity index (χ2v) is 5.34. The molecule has 0 radical (unpaired) electrons. The summed E-state index contributed by atoms with van der Waals surface area (Å²) in [6.45, 7) is 0. The SMILES string of the molecule is O=C(Nc1ccc(-c2nncn2-c2ccccc2)cn1)c1cnccn1. The number of hydrogen-bond acceptors (Lipinski definition) is 6. The predicted octanol–water partition coefficient (Wildman–Crippen LogP) is 2.37. The van der Waals surface area contributed by atoms with E-state index in [2.05, 4.69) is 30.5 Å². The molecule has 0 aliphatic carbocycles. The van der Waals surface area contributed by atoms with E-state index in [9.17, 15) is 4.79 Å². The van der Waals surface area contributed by atoms with Crippen LogP contribution in [0.2, 0.25) is 0 Å². The van der Waals surface area contributed by atoms with Crippen LogP contribution in [0.25, 0.3) is 17.1 Å². The van der Waals surface area contributed by atoms with Gasteiger partial charge in [0.25, 0.3) is 5.91 Å². The van der Waals surface area contributed by atoms with E-state index in [1.54, 1.807) is 18.6 Å². The molecule has 0 aliphatic rings. The molecule has 8 nitrogen and oxygen atoms in total. The Bertz CT molecular complexity index is 1010.